The highest BCUT2D eigenvalue weighted by atomic mass is 16.7. The van der Waals surface area contributed by atoms with Gasteiger partial charge in [-0.05, 0) is 79.8 Å². The molecule has 2 aliphatic heterocycles. The molecule has 2 aromatic rings. The summed E-state index contributed by atoms with van der Waals surface area (Å²) in [5.41, 5.74) is 2.63. The molecule has 12 heteroatoms. The molecule has 5 rings (SSSR count). The maximum absolute atomic E-state index is 14.8. The van der Waals surface area contributed by atoms with Crippen molar-refractivity contribution in [3.05, 3.63) is 58.7 Å². The van der Waals surface area contributed by atoms with E-state index >= 15 is 0 Å². The van der Waals surface area contributed by atoms with Crippen molar-refractivity contribution in [2.24, 2.45) is 16.5 Å². The Bertz CT molecular complexity index is 1790. The lowest BCUT2D eigenvalue weighted by Crippen LogP contribution is -2.59. The zero-order valence-electron chi connectivity index (χ0n) is 33.2. The lowest BCUT2D eigenvalue weighted by molar-refractivity contribution is -0.145. The van der Waals surface area contributed by atoms with E-state index in [1.165, 1.54) is 4.90 Å². The van der Waals surface area contributed by atoms with Gasteiger partial charge >= 0.3 is 0 Å². The van der Waals surface area contributed by atoms with E-state index in [0.29, 0.717) is 37.3 Å². The van der Waals surface area contributed by atoms with Crippen LogP contribution in [0.4, 0.5) is 0 Å². The fourth-order valence-electron chi connectivity index (χ4n) is 7.83. The van der Waals surface area contributed by atoms with Crippen LogP contribution < -0.4 is 20.1 Å². The van der Waals surface area contributed by atoms with Gasteiger partial charge in [0.15, 0.2) is 11.4 Å². The van der Waals surface area contributed by atoms with Gasteiger partial charge in [-0.25, -0.2) is 0 Å². The normalized spacial score (nSPS) is 22.9. The number of hydrogen-bond donors (Lipinski definition) is 2. The first kappa shape index (κ1) is 40.4. The Labute approximate surface area is 318 Å². The van der Waals surface area contributed by atoms with Crippen LogP contribution >= 0.6 is 0 Å². The van der Waals surface area contributed by atoms with Crippen LogP contribution in [0.1, 0.15) is 108 Å². The van der Waals surface area contributed by atoms with Gasteiger partial charge < -0.3 is 29.8 Å². The molecule has 0 unspecified atom stereocenters. The summed E-state index contributed by atoms with van der Waals surface area (Å²) in [6.07, 6.45) is 1.91. The standard InChI is InChI=1S/C42H56N4O8/c1-10-15-30(35(48)33(47)11-2)43-39(50)32-22-42(21-31(45-54-42)26-18-24(4)36(53-12-3)25(5)19-26)23-46(32)40(51)37(41(6,7)8)44-38(49)29-20-28(29)27-16-13-14-17-34(27)52-9/h13-14,16-19,28-30,32,37H,10-12,15,20-23H2,1-9H3,(H,43,50)(H,44,49)/t28-,29+,30-,32-,37+,42+/m0/s1. The highest BCUT2D eigenvalue weighted by Gasteiger charge is 2.56. The van der Waals surface area contributed by atoms with E-state index in [1.807, 2.05) is 84.9 Å². The van der Waals surface area contributed by atoms with E-state index in [9.17, 15) is 24.0 Å². The van der Waals surface area contributed by atoms with Gasteiger partial charge in [-0.1, -0.05) is 64.4 Å². The molecule has 0 radical (unpaired) electrons. The summed E-state index contributed by atoms with van der Waals surface area (Å²) in [7, 11) is 1.60. The third-order valence-electron chi connectivity index (χ3n) is 10.8. The molecular weight excluding hydrogens is 688 g/mol. The predicted molar refractivity (Wildman–Crippen MR) is 205 cm³/mol. The molecule has 54 heavy (non-hydrogen) atoms. The Hall–Kier alpha value is -4.74. The second-order valence-electron chi connectivity index (χ2n) is 16.0. The number of amides is 3. The monoisotopic (exact) mass is 744 g/mol. The van der Waals surface area contributed by atoms with Gasteiger partial charge in [-0.3, -0.25) is 24.0 Å². The second-order valence-corrected chi connectivity index (χ2v) is 16.0. The highest BCUT2D eigenvalue weighted by molar-refractivity contribution is 6.39. The van der Waals surface area contributed by atoms with Crippen molar-refractivity contribution < 1.29 is 38.3 Å². The molecule has 3 amide bonds. The number of carbonyl (C=O) groups excluding carboxylic acids is 5. The van der Waals surface area contributed by atoms with Crippen LogP contribution in [-0.4, -0.2) is 83.9 Å². The number of methoxy groups -OCH3 is 1. The molecule has 12 nitrogen and oxygen atoms in total. The Morgan fingerprint density at radius 2 is 1.70 bits per heavy atom. The summed E-state index contributed by atoms with van der Waals surface area (Å²) < 4.78 is 11.4. The zero-order chi connectivity index (χ0) is 39.5. The molecule has 1 spiro atoms. The van der Waals surface area contributed by atoms with Crippen LogP contribution in [0.25, 0.3) is 0 Å². The van der Waals surface area contributed by atoms with Crippen molar-refractivity contribution in [1.29, 1.82) is 0 Å². The number of rotatable bonds is 15. The van der Waals surface area contributed by atoms with Crippen LogP contribution in [0.5, 0.6) is 11.5 Å². The Kier molecular flexibility index (Phi) is 12.2. The minimum Gasteiger partial charge on any atom is -0.496 e. The Morgan fingerprint density at radius 1 is 1.02 bits per heavy atom. The average molecular weight is 745 g/mol. The number of hydrogen-bond acceptors (Lipinski definition) is 9. The van der Waals surface area contributed by atoms with Gasteiger partial charge in [0.2, 0.25) is 23.5 Å². The molecule has 0 bridgehead atoms. The van der Waals surface area contributed by atoms with Gasteiger partial charge in [0, 0.05) is 30.7 Å². The lowest BCUT2D eigenvalue weighted by Gasteiger charge is -2.35. The van der Waals surface area contributed by atoms with Gasteiger partial charge in [0.05, 0.1) is 32.0 Å². The molecule has 2 fully saturated rings. The summed E-state index contributed by atoms with van der Waals surface area (Å²) in [4.78, 5) is 76.0. The van der Waals surface area contributed by atoms with Crippen molar-refractivity contribution in [3.8, 4) is 11.5 Å². The summed E-state index contributed by atoms with van der Waals surface area (Å²) in [5.74, 6) is -1.31. The van der Waals surface area contributed by atoms with E-state index < -0.39 is 52.5 Å². The largest absolute Gasteiger partial charge is 0.496 e. The smallest absolute Gasteiger partial charge is 0.246 e. The number of ether oxygens (including phenoxy) is 2. The SMILES string of the molecule is CCC[C@H](NC(=O)[C@@H]1C[C@]2(CC(c3cc(C)c(OCC)c(C)c3)=NO2)CN1C(=O)[C@@H](NC(=O)[C@@H]1C[C@H]1c1ccccc1OC)C(C)(C)C)C(=O)C(=O)CC. The number of nitrogens with zero attached hydrogens (tertiary/aromatic N) is 2. The second kappa shape index (κ2) is 16.3. The molecule has 2 aromatic carbocycles. The topological polar surface area (TPSA) is 153 Å². The van der Waals surface area contributed by atoms with Crippen LogP contribution in [0, 0.1) is 25.2 Å². The first-order valence-electron chi connectivity index (χ1n) is 19.2. The first-order valence-corrected chi connectivity index (χ1v) is 19.2. The lowest BCUT2D eigenvalue weighted by atomic mass is 9.85. The predicted octanol–water partition coefficient (Wildman–Crippen LogP) is 5.34. The van der Waals surface area contributed by atoms with Gasteiger partial charge in [0.1, 0.15) is 23.6 Å². The van der Waals surface area contributed by atoms with Crippen LogP contribution in [0.3, 0.4) is 0 Å². The molecule has 1 saturated heterocycles. The molecule has 3 aliphatic rings. The van der Waals surface area contributed by atoms with Crippen molar-refractivity contribution >= 4 is 35.0 Å². The molecule has 2 N–H and O–H groups in total. The van der Waals surface area contributed by atoms with Crippen molar-refractivity contribution in [2.45, 2.75) is 124 Å². The minimum atomic E-state index is -1.05. The number of Topliss-reactive ketones (excluding diaryl/α,β-unsaturated/α-hetero) is 2. The van der Waals surface area contributed by atoms with E-state index in [2.05, 4.69) is 15.8 Å². The maximum Gasteiger partial charge on any atom is 0.246 e. The molecule has 292 valence electrons. The van der Waals surface area contributed by atoms with Crippen molar-refractivity contribution in [3.63, 3.8) is 0 Å². The number of carbonyl (C=O) groups is 5. The minimum absolute atomic E-state index is 0.0242. The fourth-order valence-corrected chi connectivity index (χ4v) is 7.83. The zero-order valence-corrected chi connectivity index (χ0v) is 33.2. The molecular formula is C42H56N4O8. The van der Waals surface area contributed by atoms with Gasteiger partial charge in [0.25, 0.3) is 0 Å². The number of likely N-dealkylation sites (tertiary alicyclic amines) is 1. The number of aryl methyl sites for hydroxylation is 2. The fraction of sp³-hybridized carbons (Fsp3) is 0.571. The van der Waals surface area contributed by atoms with Crippen molar-refractivity contribution in [2.75, 3.05) is 20.3 Å². The number of nitrogens with one attached hydrogen (secondary N) is 2. The van der Waals surface area contributed by atoms with E-state index in [1.54, 1.807) is 14.0 Å². The maximum atomic E-state index is 14.8. The van der Waals surface area contributed by atoms with E-state index in [-0.39, 0.29) is 43.6 Å². The van der Waals surface area contributed by atoms with Crippen LogP contribution in [0.2, 0.25) is 0 Å². The molecule has 1 saturated carbocycles. The summed E-state index contributed by atoms with van der Waals surface area (Å²) in [5, 5.41) is 10.4. The summed E-state index contributed by atoms with van der Waals surface area (Å²) in [6, 6.07) is 8.55. The summed E-state index contributed by atoms with van der Waals surface area (Å²) >= 11 is 0. The highest BCUT2D eigenvalue weighted by Crippen LogP contribution is 2.50. The molecule has 1 aliphatic carbocycles. The Morgan fingerprint density at radius 3 is 2.31 bits per heavy atom. The molecule has 2 heterocycles. The Balaban J connectivity index is 1.42. The van der Waals surface area contributed by atoms with Crippen molar-refractivity contribution in [1.82, 2.24) is 15.5 Å². The van der Waals surface area contributed by atoms with Gasteiger partial charge in [-0.2, -0.15) is 0 Å². The third kappa shape index (κ3) is 8.47. The number of benzene rings is 2. The number of para-hydroxylation sites is 1. The van der Waals surface area contributed by atoms with E-state index in [0.717, 1.165) is 28.0 Å². The molecule has 6 atom stereocenters. The average Bonchev–Trinajstić information content (AvgIpc) is 3.70. The first-order chi connectivity index (χ1) is 25.6. The molecule has 0 aromatic heterocycles. The number of ketones is 2. The third-order valence-corrected chi connectivity index (χ3v) is 10.8. The number of oxime groups is 1. The van der Waals surface area contributed by atoms with E-state index in [4.69, 9.17) is 14.3 Å². The summed E-state index contributed by atoms with van der Waals surface area (Å²) in [6.45, 7) is 15.5. The van der Waals surface area contributed by atoms with Gasteiger partial charge in [-0.15, -0.1) is 0 Å². The van der Waals surface area contributed by atoms with Crippen LogP contribution in [-0.2, 0) is 28.8 Å². The van der Waals surface area contributed by atoms with Crippen LogP contribution in [0.15, 0.2) is 41.6 Å². The quantitative estimate of drug-likeness (QED) is 0.232.